The van der Waals surface area contributed by atoms with Gasteiger partial charge in [0.1, 0.15) is 5.69 Å². The van der Waals surface area contributed by atoms with Crippen LogP contribution in [-0.4, -0.2) is 0 Å². The molecule has 0 spiro atoms. The van der Waals surface area contributed by atoms with Crippen LogP contribution in [0.3, 0.4) is 0 Å². The summed E-state index contributed by atoms with van der Waals surface area (Å²) in [4.78, 5) is 10.5. The molecular weight excluding hydrogens is 174 g/mol. The molecule has 0 heterocycles. The minimum atomic E-state index is 0.573. The molecule has 2 nitrogen and oxygen atoms in total. The van der Waals surface area contributed by atoms with Crippen LogP contribution in [-0.2, 0) is 6.42 Å². The van der Waals surface area contributed by atoms with E-state index in [9.17, 15) is 4.91 Å². The van der Waals surface area contributed by atoms with Gasteiger partial charge in [-0.1, -0.05) is 29.8 Å². The Kier molecular flexibility index (Phi) is 2.73. The molecule has 14 heavy (non-hydrogen) atoms. The van der Waals surface area contributed by atoms with Crippen molar-refractivity contribution in [3.8, 4) is 0 Å². The van der Waals surface area contributed by atoms with E-state index in [2.05, 4.69) is 11.3 Å². The highest BCUT2D eigenvalue weighted by Crippen LogP contribution is 2.27. The molecule has 0 amide bonds. The summed E-state index contributed by atoms with van der Waals surface area (Å²) < 4.78 is 0. The van der Waals surface area contributed by atoms with Crippen LogP contribution in [0.5, 0.6) is 0 Å². The molecule has 1 aromatic rings. The van der Waals surface area contributed by atoms with Crippen LogP contribution in [0.2, 0.25) is 0 Å². The number of rotatable bonds is 3. The topological polar surface area (TPSA) is 29.4 Å². The fourth-order valence-corrected chi connectivity index (χ4v) is 1.61. The van der Waals surface area contributed by atoms with Gasteiger partial charge in [-0.25, -0.2) is 0 Å². The van der Waals surface area contributed by atoms with Gasteiger partial charge in [-0.15, -0.1) is 4.91 Å². The lowest BCUT2D eigenvalue weighted by Gasteiger charge is -2.15. The molecule has 1 saturated carbocycles. The molecule has 1 fully saturated rings. The smallest absolute Gasteiger partial charge is 0.111 e. The summed E-state index contributed by atoms with van der Waals surface area (Å²) in [7, 11) is 0. The standard InChI is InChI=1S/C12H13NO/c14-13-12-7-2-1-6-11(12)9-8-10-4-3-5-10/h1-2,6-8H,3-5,9H2. The van der Waals surface area contributed by atoms with Crippen LogP contribution < -0.4 is 0 Å². The normalized spacial score (nSPS) is 14.7. The van der Waals surface area contributed by atoms with Crippen molar-refractivity contribution in [2.24, 2.45) is 5.18 Å². The van der Waals surface area contributed by atoms with Crippen LogP contribution >= 0.6 is 0 Å². The Bertz CT molecular complexity index is 362. The molecule has 2 heteroatoms. The molecular formula is C12H13NO. The third-order valence-electron chi connectivity index (χ3n) is 2.70. The third-order valence-corrected chi connectivity index (χ3v) is 2.70. The first-order chi connectivity index (χ1) is 6.90. The summed E-state index contributed by atoms with van der Waals surface area (Å²) in [5.41, 5.74) is 3.12. The van der Waals surface area contributed by atoms with Crippen LogP contribution in [0.15, 0.2) is 41.1 Å². The fourth-order valence-electron chi connectivity index (χ4n) is 1.61. The Morgan fingerprint density at radius 2 is 2.07 bits per heavy atom. The number of allylic oxidation sites excluding steroid dienone is 2. The molecule has 0 saturated heterocycles. The molecule has 0 radical (unpaired) electrons. The number of nitroso groups, excluding NO2 is 1. The Balaban J connectivity index is 2.11. The van der Waals surface area contributed by atoms with Crippen LogP contribution in [0, 0.1) is 4.91 Å². The molecule has 0 bridgehead atoms. The summed E-state index contributed by atoms with van der Waals surface area (Å²) in [6.07, 6.45) is 6.86. The largest absolute Gasteiger partial charge is 0.145 e. The minimum Gasteiger partial charge on any atom is -0.145 e. The fraction of sp³-hybridized carbons (Fsp3) is 0.333. The number of nitrogens with zero attached hydrogens (tertiary/aromatic N) is 1. The highest BCUT2D eigenvalue weighted by molar-refractivity contribution is 5.46. The maximum absolute atomic E-state index is 10.5. The van der Waals surface area contributed by atoms with Crippen LogP contribution in [0.25, 0.3) is 0 Å². The predicted molar refractivity (Wildman–Crippen MR) is 57.5 cm³/mol. The van der Waals surface area contributed by atoms with Crippen LogP contribution in [0.1, 0.15) is 24.8 Å². The number of hydrogen-bond acceptors (Lipinski definition) is 2. The van der Waals surface area contributed by atoms with Crippen molar-refractivity contribution < 1.29 is 0 Å². The average molecular weight is 187 g/mol. The Morgan fingerprint density at radius 3 is 2.71 bits per heavy atom. The van der Waals surface area contributed by atoms with Gasteiger partial charge in [0.25, 0.3) is 0 Å². The van der Waals surface area contributed by atoms with Crippen molar-refractivity contribution in [2.75, 3.05) is 0 Å². The van der Waals surface area contributed by atoms with E-state index in [1.807, 2.05) is 18.2 Å². The Hall–Kier alpha value is -1.44. The first-order valence-corrected chi connectivity index (χ1v) is 4.99. The van der Waals surface area contributed by atoms with Crippen molar-refractivity contribution in [3.63, 3.8) is 0 Å². The summed E-state index contributed by atoms with van der Waals surface area (Å²) in [5.74, 6) is 0. The van der Waals surface area contributed by atoms with Gasteiger partial charge in [-0.3, -0.25) is 0 Å². The lowest BCUT2D eigenvalue weighted by Crippen LogP contribution is -1.97. The Labute approximate surface area is 83.6 Å². The number of hydrogen-bond donors (Lipinski definition) is 0. The van der Waals surface area contributed by atoms with Crippen LogP contribution in [0.4, 0.5) is 5.69 Å². The quantitative estimate of drug-likeness (QED) is 0.523. The zero-order valence-corrected chi connectivity index (χ0v) is 8.07. The van der Waals surface area contributed by atoms with E-state index in [0.29, 0.717) is 5.69 Å². The van der Waals surface area contributed by atoms with Gasteiger partial charge in [0.05, 0.1) is 0 Å². The molecule has 0 N–H and O–H groups in total. The maximum atomic E-state index is 10.5. The van der Waals surface area contributed by atoms with E-state index in [1.54, 1.807) is 6.07 Å². The van der Waals surface area contributed by atoms with Gasteiger partial charge in [0.15, 0.2) is 0 Å². The van der Waals surface area contributed by atoms with E-state index in [-0.39, 0.29) is 0 Å². The first-order valence-electron chi connectivity index (χ1n) is 4.99. The molecule has 0 unspecified atom stereocenters. The zero-order chi connectivity index (χ0) is 9.80. The molecule has 1 aliphatic rings. The lowest BCUT2D eigenvalue weighted by atomic mass is 9.91. The first kappa shape index (κ1) is 9.13. The molecule has 1 aromatic carbocycles. The van der Waals surface area contributed by atoms with Gasteiger partial charge in [0.2, 0.25) is 0 Å². The van der Waals surface area contributed by atoms with Crippen molar-refractivity contribution in [2.45, 2.75) is 25.7 Å². The Morgan fingerprint density at radius 1 is 1.29 bits per heavy atom. The second kappa shape index (κ2) is 4.18. The van der Waals surface area contributed by atoms with Crippen molar-refractivity contribution in [1.82, 2.24) is 0 Å². The zero-order valence-electron chi connectivity index (χ0n) is 8.07. The second-order valence-electron chi connectivity index (χ2n) is 3.64. The molecule has 0 aliphatic heterocycles. The second-order valence-corrected chi connectivity index (χ2v) is 3.64. The summed E-state index contributed by atoms with van der Waals surface area (Å²) in [6.45, 7) is 0. The van der Waals surface area contributed by atoms with E-state index in [0.717, 1.165) is 12.0 Å². The van der Waals surface area contributed by atoms with E-state index >= 15 is 0 Å². The highest BCUT2D eigenvalue weighted by atomic mass is 16.3. The van der Waals surface area contributed by atoms with Gasteiger partial charge < -0.3 is 0 Å². The van der Waals surface area contributed by atoms with Gasteiger partial charge >= 0.3 is 0 Å². The molecule has 72 valence electrons. The molecule has 0 atom stereocenters. The predicted octanol–water partition coefficient (Wildman–Crippen LogP) is 3.74. The molecule has 2 rings (SSSR count). The van der Waals surface area contributed by atoms with Crippen molar-refractivity contribution in [1.29, 1.82) is 0 Å². The lowest BCUT2D eigenvalue weighted by molar-refractivity contribution is 0.658. The van der Waals surface area contributed by atoms with Crippen molar-refractivity contribution >= 4 is 5.69 Å². The van der Waals surface area contributed by atoms with Gasteiger partial charge in [-0.05, 0) is 42.5 Å². The summed E-state index contributed by atoms with van der Waals surface area (Å²) in [6, 6.07) is 7.52. The molecule has 0 aromatic heterocycles. The van der Waals surface area contributed by atoms with E-state index in [4.69, 9.17) is 0 Å². The average Bonchev–Trinajstić information content (AvgIpc) is 2.16. The summed E-state index contributed by atoms with van der Waals surface area (Å²) >= 11 is 0. The minimum absolute atomic E-state index is 0.573. The van der Waals surface area contributed by atoms with Crippen molar-refractivity contribution in [3.05, 3.63) is 46.4 Å². The van der Waals surface area contributed by atoms with Gasteiger partial charge in [0, 0.05) is 0 Å². The monoisotopic (exact) mass is 187 g/mol. The third kappa shape index (κ3) is 1.90. The SMILES string of the molecule is O=Nc1ccccc1CC=C1CCC1. The summed E-state index contributed by atoms with van der Waals surface area (Å²) in [5, 5.41) is 3.01. The molecule has 1 aliphatic carbocycles. The highest BCUT2D eigenvalue weighted by Gasteiger charge is 2.07. The number of benzene rings is 1. The van der Waals surface area contributed by atoms with E-state index in [1.165, 1.54) is 24.8 Å². The van der Waals surface area contributed by atoms with Gasteiger partial charge in [-0.2, -0.15) is 0 Å². The van der Waals surface area contributed by atoms with E-state index < -0.39 is 0 Å². The maximum Gasteiger partial charge on any atom is 0.111 e.